The molecule has 0 atom stereocenters. The molecule has 6 heteroatoms. The van der Waals surface area contributed by atoms with Crippen LogP contribution in [0.3, 0.4) is 0 Å². The summed E-state index contributed by atoms with van der Waals surface area (Å²) in [6.07, 6.45) is 0. The van der Waals surface area contributed by atoms with E-state index >= 15 is 0 Å². The van der Waals surface area contributed by atoms with E-state index in [9.17, 15) is 9.00 Å². The monoisotopic (exact) mass is 267 g/mol. The Morgan fingerprint density at radius 1 is 1.33 bits per heavy atom. The van der Waals surface area contributed by atoms with Gasteiger partial charge in [0.2, 0.25) is 5.91 Å². The van der Waals surface area contributed by atoms with Gasteiger partial charge < -0.3 is 11.1 Å². The van der Waals surface area contributed by atoms with Crippen LogP contribution in [0.4, 0.5) is 11.4 Å². The molecule has 1 aromatic carbocycles. The van der Waals surface area contributed by atoms with Gasteiger partial charge >= 0.3 is 0 Å². The largest absolute Gasteiger partial charge is 0.397 e. The van der Waals surface area contributed by atoms with E-state index in [1.54, 1.807) is 12.1 Å². The Bertz CT molecular complexity index is 454. The van der Waals surface area contributed by atoms with Crippen LogP contribution in [-0.2, 0) is 15.6 Å². The van der Waals surface area contributed by atoms with E-state index in [0.29, 0.717) is 42.5 Å². The van der Waals surface area contributed by atoms with Crippen molar-refractivity contribution in [1.82, 2.24) is 4.90 Å². The van der Waals surface area contributed by atoms with Crippen molar-refractivity contribution in [3.63, 3.8) is 0 Å². The molecule has 2 rings (SSSR count). The molecule has 0 bridgehead atoms. The zero-order valence-electron chi connectivity index (χ0n) is 10.1. The summed E-state index contributed by atoms with van der Waals surface area (Å²) in [6.45, 7) is 1.75. The molecule has 0 saturated carbocycles. The highest BCUT2D eigenvalue weighted by Crippen LogP contribution is 2.16. The average molecular weight is 267 g/mol. The van der Waals surface area contributed by atoms with Gasteiger partial charge in [0.1, 0.15) is 0 Å². The fraction of sp³-hybridized carbons (Fsp3) is 0.417. The van der Waals surface area contributed by atoms with Gasteiger partial charge in [-0.05, 0) is 12.1 Å². The maximum Gasteiger partial charge on any atom is 0.238 e. The number of anilines is 2. The maximum absolute atomic E-state index is 11.8. The average Bonchev–Trinajstić information content (AvgIpc) is 2.35. The predicted octanol–water partition coefficient (Wildman–Crippen LogP) is 0.272. The number of para-hydroxylation sites is 2. The Kier molecular flexibility index (Phi) is 4.33. The molecule has 1 fully saturated rings. The van der Waals surface area contributed by atoms with E-state index in [1.807, 2.05) is 17.0 Å². The molecule has 0 unspecified atom stereocenters. The topological polar surface area (TPSA) is 75.4 Å². The van der Waals surface area contributed by atoms with Crippen molar-refractivity contribution in [1.29, 1.82) is 0 Å². The maximum atomic E-state index is 11.8. The molecule has 1 aliphatic rings. The first kappa shape index (κ1) is 13.0. The van der Waals surface area contributed by atoms with Crippen molar-refractivity contribution in [2.24, 2.45) is 0 Å². The number of carbonyl (C=O) groups excluding carboxylic acids is 1. The molecule has 1 saturated heterocycles. The van der Waals surface area contributed by atoms with Crippen LogP contribution in [0.15, 0.2) is 24.3 Å². The normalized spacial score (nSPS) is 17.6. The zero-order valence-corrected chi connectivity index (χ0v) is 10.9. The second kappa shape index (κ2) is 5.97. The second-order valence-electron chi connectivity index (χ2n) is 4.26. The van der Waals surface area contributed by atoms with Gasteiger partial charge in [0, 0.05) is 35.4 Å². The van der Waals surface area contributed by atoms with Crippen LogP contribution >= 0.6 is 0 Å². The van der Waals surface area contributed by atoms with Gasteiger partial charge in [-0.3, -0.25) is 13.9 Å². The lowest BCUT2D eigenvalue weighted by Crippen LogP contribution is -2.42. The molecule has 3 N–H and O–H groups in total. The molecular weight excluding hydrogens is 250 g/mol. The number of rotatable bonds is 3. The SMILES string of the molecule is Nc1ccccc1NC(=O)CN1CCS(=O)CC1. The summed E-state index contributed by atoms with van der Waals surface area (Å²) in [5.41, 5.74) is 6.95. The van der Waals surface area contributed by atoms with E-state index in [4.69, 9.17) is 5.73 Å². The Morgan fingerprint density at radius 3 is 2.67 bits per heavy atom. The zero-order chi connectivity index (χ0) is 13.0. The van der Waals surface area contributed by atoms with Crippen molar-refractivity contribution < 1.29 is 9.00 Å². The molecule has 1 heterocycles. The first-order valence-electron chi connectivity index (χ1n) is 5.87. The molecular formula is C12H17N3O2S. The molecule has 0 spiro atoms. The summed E-state index contributed by atoms with van der Waals surface area (Å²) in [6, 6.07) is 7.18. The summed E-state index contributed by atoms with van der Waals surface area (Å²) in [5.74, 6) is 1.22. The fourth-order valence-corrected chi connectivity index (χ4v) is 2.97. The van der Waals surface area contributed by atoms with Crippen LogP contribution in [0.1, 0.15) is 0 Å². The van der Waals surface area contributed by atoms with Crippen LogP contribution in [0.25, 0.3) is 0 Å². The van der Waals surface area contributed by atoms with Crippen LogP contribution in [0.5, 0.6) is 0 Å². The number of nitrogens with two attached hydrogens (primary N) is 1. The van der Waals surface area contributed by atoms with Crippen LogP contribution in [0, 0.1) is 0 Å². The van der Waals surface area contributed by atoms with Gasteiger partial charge in [0.15, 0.2) is 0 Å². The van der Waals surface area contributed by atoms with E-state index in [0.717, 1.165) is 0 Å². The highest BCUT2D eigenvalue weighted by molar-refractivity contribution is 7.85. The molecule has 0 radical (unpaired) electrons. The molecule has 5 nitrogen and oxygen atoms in total. The minimum absolute atomic E-state index is 0.0828. The number of nitrogens with one attached hydrogen (secondary N) is 1. The number of hydrogen-bond acceptors (Lipinski definition) is 4. The molecule has 1 aromatic rings. The second-order valence-corrected chi connectivity index (χ2v) is 5.96. The van der Waals surface area contributed by atoms with Gasteiger partial charge in [-0.1, -0.05) is 12.1 Å². The standard InChI is InChI=1S/C12H17N3O2S/c13-10-3-1-2-4-11(10)14-12(16)9-15-5-7-18(17)8-6-15/h1-4H,5-9,13H2,(H,14,16). The van der Waals surface area contributed by atoms with Gasteiger partial charge in [-0.25, -0.2) is 0 Å². The lowest BCUT2D eigenvalue weighted by Gasteiger charge is -2.25. The van der Waals surface area contributed by atoms with Crippen molar-refractivity contribution in [2.45, 2.75) is 0 Å². The van der Waals surface area contributed by atoms with Crippen LogP contribution in [-0.4, -0.2) is 46.2 Å². The number of nitrogen functional groups attached to an aromatic ring is 1. The third-order valence-corrected chi connectivity index (χ3v) is 4.15. The first-order valence-corrected chi connectivity index (χ1v) is 7.35. The number of amides is 1. The minimum Gasteiger partial charge on any atom is -0.397 e. The molecule has 0 aliphatic carbocycles. The van der Waals surface area contributed by atoms with E-state index in [2.05, 4.69) is 5.32 Å². The highest BCUT2D eigenvalue weighted by atomic mass is 32.2. The lowest BCUT2D eigenvalue weighted by atomic mass is 10.2. The molecule has 1 amide bonds. The number of nitrogens with zero attached hydrogens (tertiary/aromatic N) is 1. The third-order valence-electron chi connectivity index (χ3n) is 2.87. The van der Waals surface area contributed by atoms with Gasteiger partial charge in [0.05, 0.1) is 17.9 Å². The van der Waals surface area contributed by atoms with Crippen LogP contribution < -0.4 is 11.1 Å². The summed E-state index contributed by atoms with van der Waals surface area (Å²) >= 11 is 0. The quantitative estimate of drug-likeness (QED) is 0.771. The molecule has 0 aromatic heterocycles. The fourth-order valence-electron chi connectivity index (χ4n) is 1.84. The highest BCUT2D eigenvalue weighted by Gasteiger charge is 2.17. The Hall–Kier alpha value is -1.40. The lowest BCUT2D eigenvalue weighted by molar-refractivity contribution is -0.117. The summed E-state index contributed by atoms with van der Waals surface area (Å²) < 4.78 is 11.2. The van der Waals surface area contributed by atoms with E-state index in [1.165, 1.54) is 0 Å². The summed E-state index contributed by atoms with van der Waals surface area (Å²) in [7, 11) is -0.711. The smallest absolute Gasteiger partial charge is 0.238 e. The van der Waals surface area contributed by atoms with Gasteiger partial charge in [0.25, 0.3) is 0 Å². The number of carbonyl (C=O) groups is 1. The minimum atomic E-state index is -0.711. The van der Waals surface area contributed by atoms with Crippen LogP contribution in [0.2, 0.25) is 0 Å². The Morgan fingerprint density at radius 2 is 2.00 bits per heavy atom. The summed E-state index contributed by atoms with van der Waals surface area (Å²) in [5, 5.41) is 2.79. The Labute approximate surface area is 109 Å². The van der Waals surface area contributed by atoms with Crippen molar-refractivity contribution >= 4 is 28.1 Å². The van der Waals surface area contributed by atoms with Crippen molar-refractivity contribution in [3.05, 3.63) is 24.3 Å². The van der Waals surface area contributed by atoms with E-state index < -0.39 is 10.8 Å². The number of hydrogen-bond donors (Lipinski definition) is 2. The van der Waals surface area contributed by atoms with E-state index in [-0.39, 0.29) is 5.91 Å². The van der Waals surface area contributed by atoms with Gasteiger partial charge in [-0.2, -0.15) is 0 Å². The Balaban J connectivity index is 1.86. The molecule has 18 heavy (non-hydrogen) atoms. The van der Waals surface area contributed by atoms with Crippen molar-refractivity contribution in [2.75, 3.05) is 42.2 Å². The molecule has 98 valence electrons. The molecule has 1 aliphatic heterocycles. The number of benzene rings is 1. The predicted molar refractivity (Wildman–Crippen MR) is 73.8 cm³/mol. The van der Waals surface area contributed by atoms with Crippen molar-refractivity contribution in [3.8, 4) is 0 Å². The summed E-state index contributed by atoms with van der Waals surface area (Å²) in [4.78, 5) is 13.8. The van der Waals surface area contributed by atoms with Gasteiger partial charge in [-0.15, -0.1) is 0 Å². The first-order chi connectivity index (χ1) is 8.65. The third kappa shape index (κ3) is 3.54.